The van der Waals surface area contributed by atoms with E-state index in [1.807, 2.05) is 26.0 Å². The molecule has 0 atom stereocenters. The van der Waals surface area contributed by atoms with Gasteiger partial charge < -0.3 is 14.4 Å². The number of carbonyl (C=O) groups excluding carboxylic acids is 2. The third-order valence-electron chi connectivity index (χ3n) is 3.91. The molecule has 0 radical (unpaired) electrons. The van der Waals surface area contributed by atoms with Gasteiger partial charge in [-0.2, -0.15) is 0 Å². The Kier molecular flexibility index (Phi) is 6.51. The molecule has 0 unspecified atom stereocenters. The van der Waals surface area contributed by atoms with Crippen molar-refractivity contribution >= 4 is 12.2 Å². The molecule has 0 saturated carbocycles. The van der Waals surface area contributed by atoms with Crippen molar-refractivity contribution in [3.05, 3.63) is 53.3 Å². The first-order valence-electron chi connectivity index (χ1n) is 8.13. The molecule has 132 valence electrons. The van der Waals surface area contributed by atoms with Gasteiger partial charge in [-0.3, -0.25) is 14.6 Å². The molecule has 1 aromatic carbocycles. The molecule has 0 aliphatic rings. The molecule has 1 aromatic heterocycles. The van der Waals surface area contributed by atoms with Crippen molar-refractivity contribution in [1.82, 2.24) is 9.88 Å². The molecule has 2 aromatic rings. The highest BCUT2D eigenvalue weighted by molar-refractivity contribution is 6.03. The third kappa shape index (κ3) is 4.15. The first-order chi connectivity index (χ1) is 12.2. The van der Waals surface area contributed by atoms with E-state index in [0.29, 0.717) is 30.7 Å². The number of ether oxygens (including phenoxy) is 2. The average Bonchev–Trinajstić information content (AvgIpc) is 2.67. The van der Waals surface area contributed by atoms with E-state index >= 15 is 0 Å². The summed E-state index contributed by atoms with van der Waals surface area (Å²) in [6.45, 7) is 5.15. The van der Waals surface area contributed by atoms with Gasteiger partial charge >= 0.3 is 0 Å². The molecule has 1 heterocycles. The van der Waals surface area contributed by atoms with Gasteiger partial charge in [0.1, 0.15) is 6.61 Å². The Labute approximate surface area is 147 Å². The Hall–Kier alpha value is -2.89. The number of aromatic nitrogens is 1. The van der Waals surface area contributed by atoms with Crippen LogP contribution in [-0.2, 0) is 6.61 Å². The fourth-order valence-corrected chi connectivity index (χ4v) is 2.51. The number of carbonyl (C=O) groups is 2. The number of hydrogen-bond acceptors (Lipinski definition) is 5. The van der Waals surface area contributed by atoms with Gasteiger partial charge in [0.05, 0.1) is 18.2 Å². The summed E-state index contributed by atoms with van der Waals surface area (Å²) in [5, 5.41) is 0. The minimum absolute atomic E-state index is 0.199. The summed E-state index contributed by atoms with van der Waals surface area (Å²) in [6, 6.07) is 6.88. The largest absolute Gasteiger partial charge is 0.493 e. The Morgan fingerprint density at radius 2 is 1.84 bits per heavy atom. The van der Waals surface area contributed by atoms with Crippen LogP contribution in [0.3, 0.4) is 0 Å². The van der Waals surface area contributed by atoms with Crippen molar-refractivity contribution < 1.29 is 19.1 Å². The SMILES string of the molecule is CCN(CC)C(=O)c1ccc(OC)c(OCc2ccncc2)c1C=O. The second-order valence-corrected chi connectivity index (χ2v) is 5.30. The van der Waals surface area contributed by atoms with Gasteiger partial charge in [0.15, 0.2) is 17.8 Å². The predicted octanol–water partition coefficient (Wildman–Crippen LogP) is 2.96. The minimum Gasteiger partial charge on any atom is -0.493 e. The molecule has 0 spiro atoms. The van der Waals surface area contributed by atoms with Gasteiger partial charge in [0.2, 0.25) is 0 Å². The summed E-state index contributed by atoms with van der Waals surface area (Å²) in [6.07, 6.45) is 3.97. The molecule has 25 heavy (non-hydrogen) atoms. The number of rotatable bonds is 8. The fraction of sp³-hybridized carbons (Fsp3) is 0.316. The first-order valence-corrected chi connectivity index (χ1v) is 8.13. The van der Waals surface area contributed by atoms with E-state index in [1.54, 1.807) is 29.4 Å². The number of benzene rings is 1. The number of nitrogens with zero attached hydrogens (tertiary/aromatic N) is 2. The van der Waals surface area contributed by atoms with E-state index in [1.165, 1.54) is 7.11 Å². The van der Waals surface area contributed by atoms with Gasteiger partial charge in [0.25, 0.3) is 5.91 Å². The summed E-state index contributed by atoms with van der Waals surface area (Å²) in [5.41, 5.74) is 1.41. The predicted molar refractivity (Wildman–Crippen MR) is 94.2 cm³/mol. The van der Waals surface area contributed by atoms with Crippen LogP contribution in [0.4, 0.5) is 0 Å². The smallest absolute Gasteiger partial charge is 0.254 e. The summed E-state index contributed by atoms with van der Waals surface area (Å²) in [4.78, 5) is 30.0. The normalized spacial score (nSPS) is 10.2. The van der Waals surface area contributed by atoms with Crippen LogP contribution in [0.1, 0.15) is 40.1 Å². The van der Waals surface area contributed by atoms with Gasteiger partial charge in [-0.25, -0.2) is 0 Å². The molecule has 2 rings (SSSR count). The second kappa shape index (κ2) is 8.82. The van der Waals surface area contributed by atoms with Gasteiger partial charge in [-0.15, -0.1) is 0 Å². The lowest BCUT2D eigenvalue weighted by molar-refractivity contribution is 0.0769. The molecular formula is C19H22N2O4. The van der Waals surface area contributed by atoms with Crippen molar-refractivity contribution in [3.8, 4) is 11.5 Å². The molecule has 0 bridgehead atoms. The van der Waals surface area contributed by atoms with Crippen LogP contribution in [0.5, 0.6) is 11.5 Å². The van der Waals surface area contributed by atoms with Crippen molar-refractivity contribution in [2.24, 2.45) is 0 Å². The lowest BCUT2D eigenvalue weighted by Gasteiger charge is -2.21. The van der Waals surface area contributed by atoms with E-state index in [0.717, 1.165) is 5.56 Å². The molecule has 0 fully saturated rings. The van der Waals surface area contributed by atoms with Crippen LogP contribution in [0.15, 0.2) is 36.7 Å². The topological polar surface area (TPSA) is 68.7 Å². The molecule has 6 heteroatoms. The molecule has 0 aliphatic carbocycles. The number of amides is 1. The monoisotopic (exact) mass is 342 g/mol. The van der Waals surface area contributed by atoms with E-state index in [9.17, 15) is 9.59 Å². The summed E-state index contributed by atoms with van der Waals surface area (Å²) in [5.74, 6) is 0.475. The van der Waals surface area contributed by atoms with Gasteiger partial charge in [0, 0.05) is 25.5 Å². The van der Waals surface area contributed by atoms with Gasteiger partial charge in [-0.05, 0) is 43.7 Å². The van der Waals surface area contributed by atoms with Crippen LogP contribution < -0.4 is 9.47 Å². The highest BCUT2D eigenvalue weighted by Crippen LogP contribution is 2.34. The number of pyridine rings is 1. The van der Waals surface area contributed by atoms with E-state index in [-0.39, 0.29) is 23.8 Å². The van der Waals surface area contributed by atoms with Crippen LogP contribution >= 0.6 is 0 Å². The highest BCUT2D eigenvalue weighted by atomic mass is 16.5. The summed E-state index contributed by atoms with van der Waals surface area (Å²) < 4.78 is 11.1. The standard InChI is InChI=1S/C19H22N2O4/c1-4-21(5-2)19(23)15-6-7-17(24-3)18(16(15)12-22)25-13-14-8-10-20-11-9-14/h6-12H,4-5,13H2,1-3H3. The Morgan fingerprint density at radius 3 is 2.40 bits per heavy atom. The first kappa shape index (κ1) is 18.4. The maximum Gasteiger partial charge on any atom is 0.254 e. The molecule has 0 aliphatic heterocycles. The quantitative estimate of drug-likeness (QED) is 0.690. The number of methoxy groups -OCH3 is 1. The summed E-state index contributed by atoms with van der Waals surface area (Å²) >= 11 is 0. The number of aldehydes is 1. The van der Waals surface area contributed by atoms with E-state index < -0.39 is 0 Å². The third-order valence-corrected chi connectivity index (χ3v) is 3.91. The minimum atomic E-state index is -0.205. The second-order valence-electron chi connectivity index (χ2n) is 5.30. The van der Waals surface area contributed by atoms with Crippen LogP contribution in [0, 0.1) is 0 Å². The Morgan fingerprint density at radius 1 is 1.16 bits per heavy atom. The van der Waals surface area contributed by atoms with Crippen molar-refractivity contribution in [2.45, 2.75) is 20.5 Å². The maximum atomic E-state index is 12.7. The molecule has 0 saturated heterocycles. The number of hydrogen-bond donors (Lipinski definition) is 0. The molecule has 0 N–H and O–H groups in total. The average molecular weight is 342 g/mol. The zero-order chi connectivity index (χ0) is 18.2. The lowest BCUT2D eigenvalue weighted by Crippen LogP contribution is -2.31. The van der Waals surface area contributed by atoms with E-state index in [4.69, 9.17) is 9.47 Å². The van der Waals surface area contributed by atoms with Gasteiger partial charge in [-0.1, -0.05) is 0 Å². The Bertz CT molecular complexity index is 728. The molecular weight excluding hydrogens is 320 g/mol. The zero-order valence-corrected chi connectivity index (χ0v) is 14.7. The van der Waals surface area contributed by atoms with Crippen LogP contribution in [-0.4, -0.2) is 42.3 Å². The van der Waals surface area contributed by atoms with Crippen molar-refractivity contribution in [1.29, 1.82) is 0 Å². The fourth-order valence-electron chi connectivity index (χ4n) is 2.51. The van der Waals surface area contributed by atoms with Crippen molar-refractivity contribution in [2.75, 3.05) is 20.2 Å². The van der Waals surface area contributed by atoms with Crippen molar-refractivity contribution in [3.63, 3.8) is 0 Å². The lowest BCUT2D eigenvalue weighted by atomic mass is 10.0. The Balaban J connectivity index is 2.40. The van der Waals surface area contributed by atoms with E-state index in [2.05, 4.69) is 4.98 Å². The highest BCUT2D eigenvalue weighted by Gasteiger charge is 2.22. The van der Waals surface area contributed by atoms with Crippen LogP contribution in [0.25, 0.3) is 0 Å². The maximum absolute atomic E-state index is 12.7. The molecule has 1 amide bonds. The molecule has 6 nitrogen and oxygen atoms in total. The van der Waals surface area contributed by atoms with Crippen LogP contribution in [0.2, 0.25) is 0 Å². The zero-order valence-electron chi connectivity index (χ0n) is 14.7. The summed E-state index contributed by atoms with van der Waals surface area (Å²) in [7, 11) is 1.50.